The van der Waals surface area contributed by atoms with Crippen LogP contribution in [-0.2, 0) is 19.8 Å². The van der Waals surface area contributed by atoms with Crippen LogP contribution in [0.3, 0.4) is 0 Å². The van der Waals surface area contributed by atoms with E-state index in [2.05, 4.69) is 5.32 Å². The van der Waals surface area contributed by atoms with Gasteiger partial charge >= 0.3 is 0 Å². The van der Waals surface area contributed by atoms with Gasteiger partial charge in [0.1, 0.15) is 62.1 Å². The largest absolute Gasteiger partial charge is 0.488 e. The van der Waals surface area contributed by atoms with Crippen molar-refractivity contribution in [2.75, 3.05) is 26.4 Å². The van der Waals surface area contributed by atoms with Crippen LogP contribution in [0.1, 0.15) is 22.3 Å². The van der Waals surface area contributed by atoms with Crippen molar-refractivity contribution in [2.45, 2.75) is 51.1 Å². The number of rotatable bonds is 15. The number of benzene rings is 4. The lowest BCUT2D eigenvalue weighted by Crippen LogP contribution is -2.48. The summed E-state index contributed by atoms with van der Waals surface area (Å²) < 4.78 is 37.5. The summed E-state index contributed by atoms with van der Waals surface area (Å²) in [6.07, 6.45) is -6.55. The Kier molecular flexibility index (Phi) is 12.6. The molecule has 0 bridgehead atoms. The Hall–Kier alpha value is -3.65. The Morgan fingerprint density at radius 3 is 2.29 bits per heavy atom. The molecule has 0 amide bonds. The van der Waals surface area contributed by atoms with Crippen LogP contribution in [-0.4, -0.2) is 76.3 Å². The van der Waals surface area contributed by atoms with Crippen LogP contribution in [0.25, 0.3) is 11.1 Å². The molecule has 4 aromatic rings. The van der Waals surface area contributed by atoms with E-state index in [4.69, 9.17) is 47.3 Å². The zero-order chi connectivity index (χ0) is 35.1. The second-order valence-corrected chi connectivity index (χ2v) is 12.4. The van der Waals surface area contributed by atoms with Gasteiger partial charge in [-0.05, 0) is 65.1 Å². The second kappa shape index (κ2) is 16.8. The highest BCUT2D eigenvalue weighted by Gasteiger charge is 2.29. The third-order valence-corrected chi connectivity index (χ3v) is 8.76. The molecular weight excluding hydrogens is 680 g/mol. The summed E-state index contributed by atoms with van der Waals surface area (Å²) in [6, 6.07) is 19.3. The molecule has 1 aliphatic heterocycles. The molecule has 10 nitrogen and oxygen atoms in total. The van der Waals surface area contributed by atoms with Crippen LogP contribution in [0, 0.1) is 12.7 Å². The first-order chi connectivity index (χ1) is 23.5. The van der Waals surface area contributed by atoms with Gasteiger partial charge in [-0.1, -0.05) is 53.5 Å². The summed E-state index contributed by atoms with van der Waals surface area (Å²) in [5, 5.41) is 52.2. The molecule has 262 valence electrons. The molecule has 13 heteroatoms. The summed E-state index contributed by atoms with van der Waals surface area (Å²) in [7, 11) is 0. The van der Waals surface area contributed by atoms with E-state index < -0.39 is 36.8 Å². The molecule has 4 atom stereocenters. The predicted molar refractivity (Wildman–Crippen MR) is 182 cm³/mol. The quantitative estimate of drug-likeness (QED) is 0.103. The lowest BCUT2D eigenvalue weighted by atomic mass is 9.96. The molecular formula is C36H38Cl2FNO9. The van der Waals surface area contributed by atoms with Crippen LogP contribution in [0.2, 0.25) is 10.0 Å². The standard InChI is InChI=1S/C36H38Cl2FNO9/c1-20-23(3-2-4-25(20)22-6-8-31-34(13-22)47-10-9-46-31)19-49-33-14-32(48-18-21-5-7-28(39)26(37)11-21)24(12-27(33)38)15-40-16-29(42)35(44)36(45)30(43)17-41/h2-8,11-14,29-30,35-36,40-45H,9-10,15-19H2,1H3. The minimum Gasteiger partial charge on any atom is -0.488 e. The van der Waals surface area contributed by atoms with Crippen LogP contribution < -0.4 is 24.3 Å². The van der Waals surface area contributed by atoms with Gasteiger partial charge in [0.25, 0.3) is 0 Å². The van der Waals surface area contributed by atoms with Crippen molar-refractivity contribution in [1.29, 1.82) is 0 Å². The molecule has 0 fully saturated rings. The number of hydrogen-bond acceptors (Lipinski definition) is 10. The monoisotopic (exact) mass is 717 g/mol. The first-order valence-electron chi connectivity index (χ1n) is 15.6. The average molecular weight is 719 g/mol. The molecule has 0 aromatic heterocycles. The number of aliphatic hydroxyl groups excluding tert-OH is 5. The van der Waals surface area contributed by atoms with Gasteiger partial charge in [-0.15, -0.1) is 0 Å². The number of aliphatic hydroxyl groups is 5. The van der Waals surface area contributed by atoms with E-state index in [1.807, 2.05) is 43.3 Å². The van der Waals surface area contributed by atoms with E-state index in [-0.39, 0.29) is 36.3 Å². The highest BCUT2D eigenvalue weighted by atomic mass is 35.5. The van der Waals surface area contributed by atoms with Crippen molar-refractivity contribution in [3.05, 3.63) is 105 Å². The summed E-state index contributed by atoms with van der Waals surface area (Å²) in [5.74, 6) is 1.58. The maximum absolute atomic E-state index is 13.7. The van der Waals surface area contributed by atoms with E-state index in [1.165, 1.54) is 12.1 Å². The number of fused-ring (bicyclic) bond motifs is 1. The zero-order valence-corrected chi connectivity index (χ0v) is 28.1. The van der Waals surface area contributed by atoms with E-state index in [9.17, 15) is 24.8 Å². The molecule has 4 unspecified atom stereocenters. The first-order valence-corrected chi connectivity index (χ1v) is 16.4. The molecule has 0 saturated carbocycles. The fourth-order valence-corrected chi connectivity index (χ4v) is 5.75. The summed E-state index contributed by atoms with van der Waals surface area (Å²) in [5.41, 5.74) is 5.12. The number of nitrogens with one attached hydrogen (secondary N) is 1. The van der Waals surface area contributed by atoms with E-state index in [1.54, 1.807) is 18.2 Å². The Morgan fingerprint density at radius 1 is 0.796 bits per heavy atom. The lowest BCUT2D eigenvalue weighted by molar-refractivity contribution is -0.114. The van der Waals surface area contributed by atoms with E-state index in [0.29, 0.717) is 47.3 Å². The molecule has 0 saturated heterocycles. The minimum atomic E-state index is -1.75. The number of ether oxygens (including phenoxy) is 4. The Labute approximate surface area is 293 Å². The van der Waals surface area contributed by atoms with Crippen molar-refractivity contribution < 1.29 is 48.9 Å². The molecule has 0 aliphatic carbocycles. The van der Waals surface area contributed by atoms with Gasteiger partial charge in [0.2, 0.25) is 0 Å². The maximum Gasteiger partial charge on any atom is 0.161 e. The van der Waals surface area contributed by atoms with Crippen LogP contribution >= 0.6 is 23.2 Å². The Bertz CT molecular complexity index is 1740. The fourth-order valence-electron chi connectivity index (χ4n) is 5.31. The highest BCUT2D eigenvalue weighted by molar-refractivity contribution is 6.32. The Morgan fingerprint density at radius 2 is 1.53 bits per heavy atom. The molecule has 4 aromatic carbocycles. The van der Waals surface area contributed by atoms with E-state index >= 15 is 0 Å². The molecule has 49 heavy (non-hydrogen) atoms. The molecule has 1 heterocycles. The Balaban J connectivity index is 1.33. The maximum atomic E-state index is 13.7. The third kappa shape index (κ3) is 9.13. The van der Waals surface area contributed by atoms with Crippen molar-refractivity contribution in [2.24, 2.45) is 0 Å². The van der Waals surface area contributed by atoms with Crippen molar-refractivity contribution in [3.63, 3.8) is 0 Å². The summed E-state index contributed by atoms with van der Waals surface area (Å²) >= 11 is 12.6. The van der Waals surface area contributed by atoms with Gasteiger partial charge in [-0.2, -0.15) is 0 Å². The van der Waals surface area contributed by atoms with Gasteiger partial charge in [0.05, 0.1) is 22.8 Å². The molecule has 0 radical (unpaired) electrons. The van der Waals surface area contributed by atoms with Gasteiger partial charge in [-0.3, -0.25) is 0 Å². The van der Waals surface area contributed by atoms with Gasteiger partial charge in [0, 0.05) is 24.7 Å². The topological polar surface area (TPSA) is 150 Å². The first kappa shape index (κ1) is 36.6. The van der Waals surface area contributed by atoms with Gasteiger partial charge in [-0.25, -0.2) is 4.39 Å². The van der Waals surface area contributed by atoms with Gasteiger partial charge in [0.15, 0.2) is 11.5 Å². The predicted octanol–water partition coefficient (Wildman–Crippen LogP) is 4.56. The second-order valence-electron chi connectivity index (χ2n) is 11.6. The molecule has 1 aliphatic rings. The third-order valence-electron chi connectivity index (χ3n) is 8.17. The zero-order valence-electron chi connectivity index (χ0n) is 26.6. The SMILES string of the molecule is Cc1c(COc2cc(OCc3ccc(F)c(Cl)c3)c(CNCC(O)C(O)C(O)C(O)CO)cc2Cl)cccc1-c1ccc2c(c1)OCCO2. The molecule has 0 spiro atoms. The average Bonchev–Trinajstić information content (AvgIpc) is 3.11. The van der Waals surface area contributed by atoms with Crippen LogP contribution in [0.5, 0.6) is 23.0 Å². The normalized spacial score (nSPS) is 15.0. The van der Waals surface area contributed by atoms with Crippen molar-refractivity contribution in [3.8, 4) is 34.1 Å². The van der Waals surface area contributed by atoms with Gasteiger partial charge < -0.3 is 49.8 Å². The van der Waals surface area contributed by atoms with Crippen LogP contribution in [0.4, 0.5) is 4.39 Å². The lowest BCUT2D eigenvalue weighted by Gasteiger charge is -2.26. The molecule has 5 rings (SSSR count). The van der Waals surface area contributed by atoms with Crippen molar-refractivity contribution in [1.82, 2.24) is 5.32 Å². The smallest absolute Gasteiger partial charge is 0.161 e. The summed E-state index contributed by atoms with van der Waals surface area (Å²) in [6.45, 7) is 2.40. The number of hydrogen-bond donors (Lipinski definition) is 6. The minimum absolute atomic E-state index is 0.0390. The summed E-state index contributed by atoms with van der Waals surface area (Å²) in [4.78, 5) is 0. The van der Waals surface area contributed by atoms with Crippen LogP contribution in [0.15, 0.2) is 66.7 Å². The highest BCUT2D eigenvalue weighted by Crippen LogP contribution is 2.37. The number of halogens is 3. The van der Waals surface area contributed by atoms with E-state index in [0.717, 1.165) is 22.3 Å². The molecule has 6 N–H and O–H groups in total. The van der Waals surface area contributed by atoms with Crippen molar-refractivity contribution >= 4 is 23.2 Å². The fraction of sp³-hybridized carbons (Fsp3) is 0.333.